The summed E-state index contributed by atoms with van der Waals surface area (Å²) in [4.78, 5) is 20.9. The van der Waals surface area contributed by atoms with E-state index in [1.807, 2.05) is 13.0 Å². The third-order valence-electron chi connectivity index (χ3n) is 3.11. The van der Waals surface area contributed by atoms with E-state index < -0.39 is 0 Å². The highest BCUT2D eigenvalue weighted by Gasteiger charge is 2.09. The zero-order chi connectivity index (χ0) is 15.4. The number of nitrogens with one attached hydrogen (secondary N) is 1. The van der Waals surface area contributed by atoms with E-state index in [4.69, 9.17) is 11.6 Å². The van der Waals surface area contributed by atoms with Gasteiger partial charge in [0.1, 0.15) is 11.6 Å². The molecule has 0 aliphatic carbocycles. The monoisotopic (exact) mass is 306 g/mol. The van der Waals surface area contributed by atoms with Crippen LogP contribution in [0.4, 0.5) is 5.82 Å². The van der Waals surface area contributed by atoms with Gasteiger partial charge < -0.3 is 5.32 Å². The maximum atomic E-state index is 12.1. The number of pyridine rings is 1. The number of hydrogen-bond donors (Lipinski definition) is 1. The van der Waals surface area contributed by atoms with Gasteiger partial charge >= 0.3 is 0 Å². The normalized spacial score (nSPS) is 10.7. The summed E-state index contributed by atoms with van der Waals surface area (Å²) in [7, 11) is 0. The van der Waals surface area contributed by atoms with Gasteiger partial charge in [-0.1, -0.05) is 18.5 Å². The van der Waals surface area contributed by atoms with E-state index in [-0.39, 0.29) is 5.56 Å². The van der Waals surface area contributed by atoms with Crippen LogP contribution in [0.15, 0.2) is 23.0 Å². The quantitative estimate of drug-likeness (QED) is 0.923. The SMILES string of the molecule is CCCNc1ccc(Cl)c(Cn2c(C)nc(C)cc2=O)n1. The maximum absolute atomic E-state index is 12.1. The predicted octanol–water partition coefficient (Wildman–Crippen LogP) is 2.78. The molecule has 2 aromatic rings. The molecule has 21 heavy (non-hydrogen) atoms. The molecular formula is C15H19ClN4O. The Morgan fingerprint density at radius 1 is 1.29 bits per heavy atom. The van der Waals surface area contributed by atoms with Crippen LogP contribution in [0.3, 0.4) is 0 Å². The molecule has 6 heteroatoms. The van der Waals surface area contributed by atoms with Crippen molar-refractivity contribution in [3.05, 3.63) is 50.8 Å². The number of hydrogen-bond acceptors (Lipinski definition) is 4. The van der Waals surface area contributed by atoms with Crippen molar-refractivity contribution in [2.45, 2.75) is 33.7 Å². The average molecular weight is 307 g/mol. The van der Waals surface area contributed by atoms with Crippen molar-refractivity contribution in [1.82, 2.24) is 14.5 Å². The number of aromatic nitrogens is 3. The summed E-state index contributed by atoms with van der Waals surface area (Å²) >= 11 is 6.19. The van der Waals surface area contributed by atoms with Crippen LogP contribution in [-0.4, -0.2) is 21.1 Å². The number of aryl methyl sites for hydroxylation is 2. The third kappa shape index (κ3) is 3.82. The molecule has 0 aliphatic heterocycles. The first kappa shape index (κ1) is 15.5. The fourth-order valence-electron chi connectivity index (χ4n) is 2.05. The highest BCUT2D eigenvalue weighted by Crippen LogP contribution is 2.17. The molecule has 0 aromatic carbocycles. The summed E-state index contributed by atoms with van der Waals surface area (Å²) in [6.45, 7) is 6.86. The maximum Gasteiger partial charge on any atom is 0.254 e. The van der Waals surface area contributed by atoms with Crippen molar-refractivity contribution in [3.63, 3.8) is 0 Å². The number of halogens is 1. The van der Waals surface area contributed by atoms with Crippen molar-refractivity contribution in [3.8, 4) is 0 Å². The highest BCUT2D eigenvalue weighted by molar-refractivity contribution is 6.31. The topological polar surface area (TPSA) is 59.8 Å². The summed E-state index contributed by atoms with van der Waals surface area (Å²) in [6, 6.07) is 5.15. The van der Waals surface area contributed by atoms with Crippen molar-refractivity contribution >= 4 is 17.4 Å². The van der Waals surface area contributed by atoms with E-state index in [0.717, 1.165) is 18.8 Å². The molecule has 0 aliphatic rings. The molecule has 0 saturated carbocycles. The molecule has 0 spiro atoms. The largest absolute Gasteiger partial charge is 0.370 e. The van der Waals surface area contributed by atoms with Crippen LogP contribution in [0.2, 0.25) is 5.02 Å². The Bertz CT molecular complexity index is 697. The Kier molecular flexibility index (Phi) is 4.96. The molecule has 112 valence electrons. The van der Waals surface area contributed by atoms with E-state index >= 15 is 0 Å². The summed E-state index contributed by atoms with van der Waals surface area (Å²) in [5.74, 6) is 1.42. The summed E-state index contributed by atoms with van der Waals surface area (Å²) in [5.41, 5.74) is 1.28. The average Bonchev–Trinajstić information content (AvgIpc) is 2.43. The lowest BCUT2D eigenvalue weighted by atomic mass is 10.3. The fourth-order valence-corrected chi connectivity index (χ4v) is 2.22. The van der Waals surface area contributed by atoms with Gasteiger partial charge in [0.15, 0.2) is 0 Å². The molecular weight excluding hydrogens is 288 g/mol. The molecule has 2 aromatic heterocycles. The van der Waals surface area contributed by atoms with Gasteiger partial charge in [-0.25, -0.2) is 9.97 Å². The van der Waals surface area contributed by atoms with Gasteiger partial charge in [0, 0.05) is 18.3 Å². The molecule has 0 unspecified atom stereocenters. The molecule has 2 rings (SSSR count). The smallest absolute Gasteiger partial charge is 0.254 e. The van der Waals surface area contributed by atoms with Crippen LogP contribution >= 0.6 is 11.6 Å². The minimum absolute atomic E-state index is 0.0928. The molecule has 1 N–H and O–H groups in total. The summed E-state index contributed by atoms with van der Waals surface area (Å²) in [5, 5.41) is 3.76. The van der Waals surface area contributed by atoms with Gasteiger partial charge in [-0.05, 0) is 32.4 Å². The first-order valence-electron chi connectivity index (χ1n) is 6.95. The molecule has 2 heterocycles. The first-order chi connectivity index (χ1) is 10.0. The van der Waals surface area contributed by atoms with Crippen LogP contribution in [0.5, 0.6) is 0 Å². The summed E-state index contributed by atoms with van der Waals surface area (Å²) in [6.07, 6.45) is 1.01. The first-order valence-corrected chi connectivity index (χ1v) is 7.33. The van der Waals surface area contributed by atoms with Crippen molar-refractivity contribution in [2.24, 2.45) is 0 Å². The van der Waals surface area contributed by atoms with Crippen LogP contribution < -0.4 is 10.9 Å². The molecule has 5 nitrogen and oxygen atoms in total. The van der Waals surface area contributed by atoms with Crippen LogP contribution in [0.25, 0.3) is 0 Å². The van der Waals surface area contributed by atoms with Gasteiger partial charge in [0.2, 0.25) is 0 Å². The second-order valence-electron chi connectivity index (χ2n) is 4.92. The molecule has 0 fully saturated rings. The second kappa shape index (κ2) is 6.72. The standard InChI is InChI=1S/C15H19ClN4O/c1-4-7-17-14-6-5-12(16)13(19-14)9-20-11(3)18-10(2)8-15(20)21/h5-6,8H,4,7,9H2,1-3H3,(H,17,19). The van der Waals surface area contributed by atoms with Gasteiger partial charge in [0.05, 0.1) is 17.3 Å². The predicted molar refractivity (Wildman–Crippen MR) is 85.1 cm³/mol. The van der Waals surface area contributed by atoms with Gasteiger partial charge in [0.25, 0.3) is 5.56 Å². The highest BCUT2D eigenvalue weighted by atomic mass is 35.5. The van der Waals surface area contributed by atoms with E-state index in [9.17, 15) is 4.79 Å². The molecule has 0 bridgehead atoms. The minimum Gasteiger partial charge on any atom is -0.370 e. The Morgan fingerprint density at radius 2 is 2.05 bits per heavy atom. The van der Waals surface area contributed by atoms with Crippen molar-refractivity contribution in [1.29, 1.82) is 0 Å². The van der Waals surface area contributed by atoms with Crippen molar-refractivity contribution < 1.29 is 0 Å². The zero-order valence-corrected chi connectivity index (χ0v) is 13.2. The number of nitrogens with zero attached hydrogens (tertiary/aromatic N) is 3. The molecule has 0 saturated heterocycles. The number of anilines is 1. The Labute approximate surface area is 129 Å². The molecule has 0 radical (unpaired) electrons. The second-order valence-corrected chi connectivity index (χ2v) is 5.33. The third-order valence-corrected chi connectivity index (χ3v) is 3.45. The zero-order valence-electron chi connectivity index (χ0n) is 12.5. The Morgan fingerprint density at radius 3 is 2.71 bits per heavy atom. The van der Waals surface area contributed by atoms with E-state index in [2.05, 4.69) is 22.2 Å². The fraction of sp³-hybridized carbons (Fsp3) is 0.400. The van der Waals surface area contributed by atoms with E-state index in [0.29, 0.717) is 28.8 Å². The van der Waals surface area contributed by atoms with Crippen LogP contribution in [-0.2, 0) is 6.54 Å². The molecule has 0 atom stereocenters. The van der Waals surface area contributed by atoms with E-state index in [1.54, 1.807) is 17.6 Å². The van der Waals surface area contributed by atoms with Crippen LogP contribution in [0.1, 0.15) is 30.6 Å². The molecule has 0 amide bonds. The van der Waals surface area contributed by atoms with Gasteiger partial charge in [-0.3, -0.25) is 9.36 Å². The van der Waals surface area contributed by atoms with Gasteiger partial charge in [-0.2, -0.15) is 0 Å². The van der Waals surface area contributed by atoms with E-state index in [1.165, 1.54) is 6.07 Å². The van der Waals surface area contributed by atoms with Gasteiger partial charge in [-0.15, -0.1) is 0 Å². The van der Waals surface area contributed by atoms with Crippen LogP contribution in [0, 0.1) is 13.8 Å². The Hall–Kier alpha value is -1.88. The lowest BCUT2D eigenvalue weighted by molar-refractivity contribution is 0.681. The Balaban J connectivity index is 2.33. The lowest BCUT2D eigenvalue weighted by Gasteiger charge is -2.12. The summed E-state index contributed by atoms with van der Waals surface area (Å²) < 4.78 is 1.57. The lowest BCUT2D eigenvalue weighted by Crippen LogP contribution is -2.24. The van der Waals surface area contributed by atoms with Crippen molar-refractivity contribution in [2.75, 3.05) is 11.9 Å². The minimum atomic E-state index is -0.0928. The number of rotatable bonds is 5.